The van der Waals surface area contributed by atoms with Crippen molar-refractivity contribution in [3.05, 3.63) is 41.1 Å². The molecule has 1 aliphatic heterocycles. The molecule has 0 amide bonds. The maximum Gasteiger partial charge on any atom is 0.104 e. The maximum atomic E-state index is 6.08. The number of anilines is 1. The van der Waals surface area contributed by atoms with Crippen LogP contribution in [0.3, 0.4) is 0 Å². The lowest BCUT2D eigenvalue weighted by Crippen LogP contribution is -2.38. The van der Waals surface area contributed by atoms with Gasteiger partial charge in [-0.1, -0.05) is 18.2 Å². The Morgan fingerprint density at radius 3 is 2.81 bits per heavy atom. The fraction of sp³-hybridized carbons (Fsp3) is 0.471. The second-order valence-corrected chi connectivity index (χ2v) is 6.01. The normalized spacial score (nSPS) is 19.4. The second kappa shape index (κ2) is 7.10. The summed E-state index contributed by atoms with van der Waals surface area (Å²) in [5.74, 6) is 1.40. The average Bonchev–Trinajstić information content (AvgIpc) is 2.50. The van der Waals surface area contributed by atoms with E-state index in [-0.39, 0.29) is 0 Å². The summed E-state index contributed by atoms with van der Waals surface area (Å²) in [6, 6.07) is 5.96. The van der Waals surface area contributed by atoms with Gasteiger partial charge in [0, 0.05) is 35.9 Å². The first-order valence-corrected chi connectivity index (χ1v) is 7.81. The standard InChI is InChI=1S/C17H24ClN3/c1-12-10-16(18)7-8-17(12)21(14(3)19-4)13(2)15-6-5-9-20-11-15/h7-8,10,15,20H,2,5-6,9,11H2,1,3-4H3/b19-14-. The molecule has 0 aliphatic carbocycles. The Kier molecular flexibility index (Phi) is 5.43. The minimum Gasteiger partial charge on any atom is -0.316 e. The number of nitrogens with zero attached hydrogens (tertiary/aromatic N) is 2. The molecule has 0 bridgehead atoms. The van der Waals surface area contributed by atoms with Gasteiger partial charge in [-0.3, -0.25) is 4.99 Å². The summed E-state index contributed by atoms with van der Waals surface area (Å²) >= 11 is 6.08. The number of amidine groups is 1. The fourth-order valence-corrected chi connectivity index (χ4v) is 3.05. The zero-order chi connectivity index (χ0) is 15.4. The van der Waals surface area contributed by atoms with E-state index >= 15 is 0 Å². The Bertz CT molecular complexity index is 545. The summed E-state index contributed by atoms with van der Waals surface area (Å²) in [5, 5.41) is 4.21. The quantitative estimate of drug-likeness (QED) is 0.675. The van der Waals surface area contributed by atoms with Crippen LogP contribution in [0.4, 0.5) is 5.69 Å². The molecule has 1 aliphatic rings. The van der Waals surface area contributed by atoms with Crippen LogP contribution in [0.1, 0.15) is 25.3 Å². The predicted octanol–water partition coefficient (Wildman–Crippen LogP) is 4.02. The molecule has 1 aromatic carbocycles. The minimum absolute atomic E-state index is 0.450. The van der Waals surface area contributed by atoms with Crippen molar-refractivity contribution in [3.63, 3.8) is 0 Å². The average molecular weight is 306 g/mol. The van der Waals surface area contributed by atoms with Crippen LogP contribution in [0.15, 0.2) is 35.5 Å². The van der Waals surface area contributed by atoms with Crippen molar-refractivity contribution in [2.24, 2.45) is 10.9 Å². The third kappa shape index (κ3) is 3.66. The molecule has 3 nitrogen and oxygen atoms in total. The van der Waals surface area contributed by atoms with Crippen molar-refractivity contribution in [2.45, 2.75) is 26.7 Å². The highest BCUT2D eigenvalue weighted by Gasteiger charge is 2.24. The topological polar surface area (TPSA) is 27.6 Å². The largest absolute Gasteiger partial charge is 0.316 e. The maximum absolute atomic E-state index is 6.08. The Labute approximate surface area is 132 Å². The molecule has 4 heteroatoms. The molecule has 1 heterocycles. The van der Waals surface area contributed by atoms with Crippen LogP contribution in [-0.2, 0) is 0 Å². The van der Waals surface area contributed by atoms with Crippen molar-refractivity contribution in [3.8, 4) is 0 Å². The number of aryl methyl sites for hydroxylation is 1. The van der Waals surface area contributed by atoms with E-state index in [1.54, 1.807) is 0 Å². The summed E-state index contributed by atoms with van der Waals surface area (Å²) in [7, 11) is 1.82. The molecule has 1 atom stereocenters. The van der Waals surface area contributed by atoms with Crippen molar-refractivity contribution in [2.75, 3.05) is 25.0 Å². The molecule has 1 saturated heterocycles. The number of benzene rings is 1. The van der Waals surface area contributed by atoms with E-state index in [9.17, 15) is 0 Å². The van der Waals surface area contributed by atoms with Crippen LogP contribution in [0.5, 0.6) is 0 Å². The Hall–Kier alpha value is -1.32. The number of hydrogen-bond acceptors (Lipinski definition) is 2. The second-order valence-electron chi connectivity index (χ2n) is 5.57. The van der Waals surface area contributed by atoms with E-state index in [0.717, 1.165) is 40.9 Å². The number of aliphatic imine (C=N–C) groups is 1. The van der Waals surface area contributed by atoms with E-state index in [0.29, 0.717) is 5.92 Å². The first-order chi connectivity index (χ1) is 10.0. The van der Waals surface area contributed by atoms with E-state index in [1.807, 2.05) is 32.2 Å². The van der Waals surface area contributed by atoms with Crippen LogP contribution in [0.2, 0.25) is 5.02 Å². The molecule has 1 aromatic rings. The summed E-state index contributed by atoms with van der Waals surface area (Å²) in [6.07, 6.45) is 2.37. The van der Waals surface area contributed by atoms with Gasteiger partial charge in [-0.25, -0.2) is 0 Å². The van der Waals surface area contributed by atoms with Gasteiger partial charge in [-0.05, 0) is 57.0 Å². The molecule has 1 N–H and O–H groups in total. The zero-order valence-corrected chi connectivity index (χ0v) is 13.9. The fourth-order valence-electron chi connectivity index (χ4n) is 2.83. The number of rotatable bonds is 3. The number of hydrogen-bond donors (Lipinski definition) is 1. The van der Waals surface area contributed by atoms with Crippen LogP contribution >= 0.6 is 11.6 Å². The van der Waals surface area contributed by atoms with Gasteiger partial charge in [0.1, 0.15) is 5.84 Å². The third-order valence-corrected chi connectivity index (χ3v) is 4.34. The van der Waals surface area contributed by atoms with Gasteiger partial charge in [0.25, 0.3) is 0 Å². The van der Waals surface area contributed by atoms with Crippen molar-refractivity contribution in [1.29, 1.82) is 0 Å². The molecule has 0 spiro atoms. The number of piperidine rings is 1. The third-order valence-electron chi connectivity index (χ3n) is 4.10. The van der Waals surface area contributed by atoms with Gasteiger partial charge < -0.3 is 10.2 Å². The molecule has 1 fully saturated rings. The van der Waals surface area contributed by atoms with Gasteiger partial charge in [-0.2, -0.15) is 0 Å². The lowest BCUT2D eigenvalue weighted by atomic mass is 9.95. The molecule has 0 aromatic heterocycles. The van der Waals surface area contributed by atoms with Crippen LogP contribution < -0.4 is 10.2 Å². The van der Waals surface area contributed by atoms with Gasteiger partial charge in [0.15, 0.2) is 0 Å². The number of nitrogens with one attached hydrogen (secondary N) is 1. The van der Waals surface area contributed by atoms with E-state index < -0.39 is 0 Å². The molecule has 1 unspecified atom stereocenters. The molecule has 0 radical (unpaired) electrons. The molecule has 114 valence electrons. The van der Waals surface area contributed by atoms with Crippen LogP contribution in [-0.4, -0.2) is 26.0 Å². The van der Waals surface area contributed by atoms with Gasteiger partial charge >= 0.3 is 0 Å². The van der Waals surface area contributed by atoms with E-state index in [1.165, 1.54) is 12.8 Å². The summed E-state index contributed by atoms with van der Waals surface area (Å²) in [5.41, 5.74) is 3.35. The summed E-state index contributed by atoms with van der Waals surface area (Å²) < 4.78 is 0. The van der Waals surface area contributed by atoms with Gasteiger partial charge in [-0.15, -0.1) is 0 Å². The molecule has 2 rings (SSSR count). The van der Waals surface area contributed by atoms with Crippen LogP contribution in [0.25, 0.3) is 0 Å². The molecular formula is C17H24ClN3. The highest BCUT2D eigenvalue weighted by molar-refractivity contribution is 6.30. The molecule has 21 heavy (non-hydrogen) atoms. The SMILES string of the molecule is C=C(C1CCCNC1)N(/C(C)=N\C)c1ccc(Cl)cc1C. The van der Waals surface area contributed by atoms with Gasteiger partial charge in [0.2, 0.25) is 0 Å². The van der Waals surface area contributed by atoms with E-state index in [2.05, 4.69) is 28.7 Å². The smallest absolute Gasteiger partial charge is 0.104 e. The van der Waals surface area contributed by atoms with Crippen molar-refractivity contribution in [1.82, 2.24) is 5.32 Å². The van der Waals surface area contributed by atoms with Crippen molar-refractivity contribution < 1.29 is 0 Å². The highest BCUT2D eigenvalue weighted by atomic mass is 35.5. The first kappa shape index (κ1) is 16.1. The number of halogens is 1. The minimum atomic E-state index is 0.450. The summed E-state index contributed by atoms with van der Waals surface area (Å²) in [6.45, 7) is 10.5. The first-order valence-electron chi connectivity index (χ1n) is 7.43. The zero-order valence-electron chi connectivity index (χ0n) is 13.1. The highest BCUT2D eigenvalue weighted by Crippen LogP contribution is 2.31. The molecular weight excluding hydrogens is 282 g/mol. The lowest BCUT2D eigenvalue weighted by Gasteiger charge is -2.34. The van der Waals surface area contributed by atoms with Crippen molar-refractivity contribution >= 4 is 23.1 Å². The molecule has 0 saturated carbocycles. The Morgan fingerprint density at radius 1 is 1.48 bits per heavy atom. The Morgan fingerprint density at radius 2 is 2.24 bits per heavy atom. The van der Waals surface area contributed by atoms with E-state index in [4.69, 9.17) is 11.6 Å². The summed E-state index contributed by atoms with van der Waals surface area (Å²) in [4.78, 5) is 6.54. The van der Waals surface area contributed by atoms with Gasteiger partial charge in [0.05, 0.1) is 0 Å². The predicted molar refractivity (Wildman–Crippen MR) is 92.4 cm³/mol. The Balaban J connectivity index is 2.36. The monoisotopic (exact) mass is 305 g/mol. The van der Waals surface area contributed by atoms with Crippen LogP contribution in [0, 0.1) is 12.8 Å². The lowest BCUT2D eigenvalue weighted by molar-refractivity contribution is 0.420.